The van der Waals surface area contributed by atoms with E-state index in [4.69, 9.17) is 5.11 Å². The van der Waals surface area contributed by atoms with E-state index in [-0.39, 0.29) is 12.1 Å². The monoisotopic (exact) mass is 282 g/mol. The molecule has 0 saturated carbocycles. The molecule has 0 heterocycles. The molecule has 108 valence electrons. The van der Waals surface area contributed by atoms with Gasteiger partial charge < -0.3 is 10.4 Å². The first kappa shape index (κ1) is 15.6. The van der Waals surface area contributed by atoms with Crippen LogP contribution in [-0.4, -0.2) is 23.0 Å². The minimum absolute atomic E-state index is 0.0738. The van der Waals surface area contributed by atoms with Crippen molar-refractivity contribution in [2.24, 2.45) is 5.41 Å². The van der Waals surface area contributed by atoms with Gasteiger partial charge in [-0.15, -0.1) is 0 Å². The van der Waals surface area contributed by atoms with Crippen molar-refractivity contribution in [1.82, 2.24) is 5.32 Å². The molecule has 0 aliphatic carbocycles. The van der Waals surface area contributed by atoms with Gasteiger partial charge in [-0.3, -0.25) is 14.9 Å². The molecule has 0 saturated heterocycles. The highest BCUT2D eigenvalue weighted by Gasteiger charge is 2.30. The molecule has 0 atom stereocenters. The highest BCUT2D eigenvalue weighted by atomic mass is 19.1. The SMILES string of the molecule is CC(C)(CC(=O)NC(=O)Nc1ccccc1F)C(=O)O. The number of rotatable bonds is 4. The van der Waals surface area contributed by atoms with Crippen LogP contribution in [0.1, 0.15) is 20.3 Å². The highest BCUT2D eigenvalue weighted by molar-refractivity contribution is 6.02. The van der Waals surface area contributed by atoms with Gasteiger partial charge in [0, 0.05) is 6.42 Å². The summed E-state index contributed by atoms with van der Waals surface area (Å²) in [5.41, 5.74) is -1.36. The van der Waals surface area contributed by atoms with Crippen LogP contribution in [0.2, 0.25) is 0 Å². The maximum absolute atomic E-state index is 13.3. The van der Waals surface area contributed by atoms with Crippen molar-refractivity contribution >= 4 is 23.6 Å². The molecule has 7 heteroatoms. The molecule has 6 nitrogen and oxygen atoms in total. The number of aliphatic carboxylic acids is 1. The molecule has 0 aliphatic rings. The number of hydrogen-bond donors (Lipinski definition) is 3. The lowest BCUT2D eigenvalue weighted by Crippen LogP contribution is -2.38. The number of hydrogen-bond acceptors (Lipinski definition) is 3. The van der Waals surface area contributed by atoms with Crippen molar-refractivity contribution in [3.05, 3.63) is 30.1 Å². The molecular formula is C13H15FN2O4. The quantitative estimate of drug-likeness (QED) is 0.786. The fraction of sp³-hybridized carbons (Fsp3) is 0.308. The van der Waals surface area contributed by atoms with Crippen LogP contribution in [0.5, 0.6) is 0 Å². The Labute approximate surface area is 115 Å². The molecular weight excluding hydrogens is 267 g/mol. The van der Waals surface area contributed by atoms with Gasteiger partial charge in [0.1, 0.15) is 5.82 Å². The van der Waals surface area contributed by atoms with E-state index >= 15 is 0 Å². The predicted octanol–water partition coefficient (Wildman–Crippen LogP) is 1.97. The minimum atomic E-state index is -1.29. The van der Waals surface area contributed by atoms with E-state index in [9.17, 15) is 18.8 Å². The van der Waals surface area contributed by atoms with Crippen molar-refractivity contribution < 1.29 is 23.9 Å². The van der Waals surface area contributed by atoms with E-state index in [1.807, 2.05) is 5.32 Å². The second-order valence-corrected chi connectivity index (χ2v) is 4.85. The van der Waals surface area contributed by atoms with Gasteiger partial charge in [-0.05, 0) is 26.0 Å². The van der Waals surface area contributed by atoms with Crippen LogP contribution >= 0.6 is 0 Å². The molecule has 0 aliphatic heterocycles. The first-order chi connectivity index (χ1) is 9.22. The highest BCUT2D eigenvalue weighted by Crippen LogP contribution is 2.20. The molecule has 0 aromatic heterocycles. The fourth-order valence-electron chi connectivity index (χ4n) is 1.36. The second kappa shape index (κ2) is 6.14. The van der Waals surface area contributed by atoms with Gasteiger partial charge >= 0.3 is 12.0 Å². The lowest BCUT2D eigenvalue weighted by Gasteiger charge is -2.17. The predicted molar refractivity (Wildman–Crippen MR) is 69.6 cm³/mol. The third kappa shape index (κ3) is 4.34. The maximum Gasteiger partial charge on any atom is 0.325 e. The summed E-state index contributed by atoms with van der Waals surface area (Å²) in [6.07, 6.45) is -0.368. The summed E-state index contributed by atoms with van der Waals surface area (Å²) in [5, 5.41) is 13.0. The average molecular weight is 282 g/mol. The average Bonchev–Trinajstić information content (AvgIpc) is 2.30. The zero-order valence-corrected chi connectivity index (χ0v) is 11.1. The molecule has 0 fully saturated rings. The Bertz CT molecular complexity index is 543. The topological polar surface area (TPSA) is 95.5 Å². The number of carboxylic acids is 1. The largest absolute Gasteiger partial charge is 0.481 e. The van der Waals surface area contributed by atoms with Crippen LogP contribution in [0.3, 0.4) is 0 Å². The molecule has 1 aromatic carbocycles. The first-order valence-electron chi connectivity index (χ1n) is 5.81. The van der Waals surface area contributed by atoms with E-state index < -0.39 is 29.1 Å². The smallest absolute Gasteiger partial charge is 0.325 e. The number of carboxylic acid groups (broad SMARTS) is 1. The van der Waals surface area contributed by atoms with Crippen molar-refractivity contribution in [3.63, 3.8) is 0 Å². The molecule has 3 amide bonds. The number of amides is 3. The molecule has 3 N–H and O–H groups in total. The zero-order chi connectivity index (χ0) is 15.3. The number of carbonyl (C=O) groups is 3. The molecule has 0 bridgehead atoms. The summed E-state index contributed by atoms with van der Waals surface area (Å²) in [6.45, 7) is 2.73. The Balaban J connectivity index is 2.57. The van der Waals surface area contributed by atoms with E-state index in [1.54, 1.807) is 0 Å². The van der Waals surface area contributed by atoms with E-state index in [1.165, 1.54) is 32.0 Å². The standard InChI is InChI=1S/C13H15FN2O4/c1-13(2,11(18)19)7-10(17)16-12(20)15-9-6-4-3-5-8(9)14/h3-6H,7H2,1-2H3,(H,18,19)(H2,15,16,17,20). The number of halogens is 1. The normalized spacial score (nSPS) is 10.8. The number of urea groups is 1. The summed E-state index contributed by atoms with van der Waals surface area (Å²) in [7, 11) is 0. The van der Waals surface area contributed by atoms with Crippen LogP contribution in [0, 0.1) is 11.2 Å². The van der Waals surface area contributed by atoms with Gasteiger partial charge in [0.05, 0.1) is 11.1 Å². The van der Waals surface area contributed by atoms with Gasteiger partial charge in [-0.1, -0.05) is 12.1 Å². The van der Waals surface area contributed by atoms with E-state index in [0.717, 1.165) is 6.07 Å². The molecule has 20 heavy (non-hydrogen) atoms. The number of nitrogens with one attached hydrogen (secondary N) is 2. The number of imide groups is 1. The summed E-state index contributed by atoms with van der Waals surface area (Å²) in [6, 6.07) is 4.56. The maximum atomic E-state index is 13.3. The van der Waals surface area contributed by atoms with Crippen LogP contribution in [0.25, 0.3) is 0 Å². The summed E-state index contributed by atoms with van der Waals surface area (Å²) in [5.74, 6) is -2.55. The summed E-state index contributed by atoms with van der Waals surface area (Å²) >= 11 is 0. The number of anilines is 1. The Hall–Kier alpha value is -2.44. The fourth-order valence-corrected chi connectivity index (χ4v) is 1.36. The van der Waals surface area contributed by atoms with Gasteiger partial charge in [0.2, 0.25) is 5.91 Å². The Morgan fingerprint density at radius 2 is 1.85 bits per heavy atom. The molecule has 0 radical (unpaired) electrons. The van der Waals surface area contributed by atoms with Crippen LogP contribution < -0.4 is 10.6 Å². The van der Waals surface area contributed by atoms with Crippen LogP contribution in [-0.2, 0) is 9.59 Å². The van der Waals surface area contributed by atoms with Crippen molar-refractivity contribution in [2.75, 3.05) is 5.32 Å². The Morgan fingerprint density at radius 1 is 1.25 bits per heavy atom. The van der Waals surface area contributed by atoms with Crippen molar-refractivity contribution in [2.45, 2.75) is 20.3 Å². The van der Waals surface area contributed by atoms with Crippen molar-refractivity contribution in [3.8, 4) is 0 Å². The Morgan fingerprint density at radius 3 is 2.40 bits per heavy atom. The molecule has 0 spiro atoms. The van der Waals surface area contributed by atoms with Crippen molar-refractivity contribution in [1.29, 1.82) is 0 Å². The lowest BCUT2D eigenvalue weighted by atomic mass is 9.89. The Kier molecular flexibility index (Phi) is 4.79. The number of para-hydroxylation sites is 1. The number of benzene rings is 1. The van der Waals surface area contributed by atoms with E-state index in [0.29, 0.717) is 0 Å². The molecule has 0 unspecified atom stereocenters. The summed E-state index contributed by atoms with van der Waals surface area (Å²) in [4.78, 5) is 33.8. The third-order valence-electron chi connectivity index (χ3n) is 2.56. The third-order valence-corrected chi connectivity index (χ3v) is 2.56. The van der Waals surface area contributed by atoms with Gasteiger partial charge in [-0.25, -0.2) is 9.18 Å². The molecule has 1 aromatic rings. The lowest BCUT2D eigenvalue weighted by molar-refractivity contribution is -0.149. The van der Waals surface area contributed by atoms with E-state index in [2.05, 4.69) is 5.32 Å². The van der Waals surface area contributed by atoms with Gasteiger partial charge in [0.25, 0.3) is 0 Å². The second-order valence-electron chi connectivity index (χ2n) is 4.85. The first-order valence-corrected chi connectivity index (χ1v) is 5.81. The summed E-state index contributed by atoms with van der Waals surface area (Å²) < 4.78 is 13.3. The van der Waals surface area contributed by atoms with Crippen LogP contribution in [0.4, 0.5) is 14.9 Å². The van der Waals surface area contributed by atoms with Gasteiger partial charge in [0.15, 0.2) is 0 Å². The molecule has 1 rings (SSSR count). The van der Waals surface area contributed by atoms with Crippen LogP contribution in [0.15, 0.2) is 24.3 Å². The minimum Gasteiger partial charge on any atom is -0.481 e. The van der Waals surface area contributed by atoms with Gasteiger partial charge in [-0.2, -0.15) is 0 Å². The zero-order valence-electron chi connectivity index (χ0n) is 11.1. The number of carbonyl (C=O) groups excluding carboxylic acids is 2.